The molecule has 268 valence electrons. The number of fused-ring (bicyclic) bond motifs is 6. The maximum absolute atomic E-state index is 14.8. The molecule has 2 aliphatic heterocycles. The summed E-state index contributed by atoms with van der Waals surface area (Å²) in [5, 5.41) is 5.01. The third-order valence-electron chi connectivity index (χ3n) is 11.8. The lowest BCUT2D eigenvalue weighted by Gasteiger charge is -2.27. The third kappa shape index (κ3) is 5.55. The molecule has 0 amide bonds. The van der Waals surface area contributed by atoms with Crippen LogP contribution in [-0.2, 0) is 20.7 Å². The van der Waals surface area contributed by atoms with Gasteiger partial charge in [-0.05, 0) is 116 Å². The van der Waals surface area contributed by atoms with Gasteiger partial charge in [0.15, 0.2) is 5.71 Å². The molecule has 5 aromatic carbocycles. The predicted octanol–water partition coefficient (Wildman–Crippen LogP) is 11.5. The van der Waals surface area contributed by atoms with E-state index in [1.165, 1.54) is 55.5 Å². The molecule has 0 fully saturated rings. The summed E-state index contributed by atoms with van der Waals surface area (Å²) >= 11 is 0. The summed E-state index contributed by atoms with van der Waals surface area (Å²) in [6.07, 6.45) is 10.9. The van der Waals surface area contributed by atoms with E-state index in [0.29, 0.717) is 22.6 Å². The van der Waals surface area contributed by atoms with E-state index in [1.807, 2.05) is 18.2 Å². The van der Waals surface area contributed by atoms with Crippen LogP contribution in [-0.4, -0.2) is 31.8 Å². The van der Waals surface area contributed by atoms with Crippen molar-refractivity contribution in [3.8, 4) is 0 Å². The molecule has 4 nitrogen and oxygen atoms in total. The maximum atomic E-state index is 14.8. The van der Waals surface area contributed by atoms with Crippen molar-refractivity contribution in [2.75, 3.05) is 18.0 Å². The van der Waals surface area contributed by atoms with Crippen molar-refractivity contribution in [1.29, 1.82) is 0 Å². The van der Waals surface area contributed by atoms with Crippen molar-refractivity contribution in [3.63, 3.8) is 0 Å². The lowest BCUT2D eigenvalue weighted by Crippen LogP contribution is -2.28. The van der Waals surface area contributed by atoms with Crippen LogP contribution in [0.3, 0.4) is 0 Å². The van der Waals surface area contributed by atoms with Crippen LogP contribution in [0.25, 0.3) is 21.5 Å². The minimum absolute atomic E-state index is 0.268. The van der Waals surface area contributed by atoms with Crippen molar-refractivity contribution >= 4 is 48.5 Å². The van der Waals surface area contributed by atoms with E-state index in [1.54, 1.807) is 12.1 Å². The Morgan fingerprint density at radius 2 is 1.34 bits per heavy atom. The van der Waals surface area contributed by atoms with Crippen LogP contribution in [0.15, 0.2) is 154 Å². The van der Waals surface area contributed by atoms with Crippen LogP contribution >= 0.6 is 0 Å². The number of sulfone groups is 1. The standard InChI is InChI=1S/C48H49N2O2S/c1-7-49-40-29-25-33-17-12-14-23-38(33)44(40)47(3,4)42(49)31-27-35-19-16-20-36(46(35)53(51,52)37-21-10-9-11-22-37)28-32-43-48(5,6)45-39-24-15-13-18-34(39)26-30-41(45)50(43)8-2/h9-15,17-18,21-32H,7-8,16,19-20H2,1-6H3/q+1. The summed E-state index contributed by atoms with van der Waals surface area (Å²) in [4.78, 5) is 3.18. The van der Waals surface area contributed by atoms with E-state index in [4.69, 9.17) is 0 Å². The van der Waals surface area contributed by atoms with Gasteiger partial charge in [0, 0.05) is 41.1 Å². The Hall–Kier alpha value is -5.00. The Labute approximate surface area is 315 Å². The molecular weight excluding hydrogens is 669 g/mol. The summed E-state index contributed by atoms with van der Waals surface area (Å²) in [5.74, 6) is 0. The van der Waals surface area contributed by atoms with Crippen molar-refractivity contribution in [2.45, 2.75) is 76.5 Å². The van der Waals surface area contributed by atoms with Crippen LogP contribution in [0.1, 0.15) is 71.9 Å². The molecule has 5 aromatic rings. The van der Waals surface area contributed by atoms with E-state index in [0.717, 1.165) is 30.7 Å². The van der Waals surface area contributed by atoms with Gasteiger partial charge in [-0.3, -0.25) is 0 Å². The average Bonchev–Trinajstić information content (AvgIpc) is 3.54. The zero-order chi connectivity index (χ0) is 37.1. The second kappa shape index (κ2) is 13.1. The number of hydrogen-bond acceptors (Lipinski definition) is 3. The second-order valence-corrected chi connectivity index (χ2v) is 17.5. The second-order valence-electron chi connectivity index (χ2n) is 15.6. The summed E-state index contributed by atoms with van der Waals surface area (Å²) in [6, 6.07) is 35.1. The van der Waals surface area contributed by atoms with Crippen LogP contribution < -0.4 is 4.90 Å². The van der Waals surface area contributed by atoms with Gasteiger partial charge in [0.1, 0.15) is 6.54 Å². The largest absolute Gasteiger partial charge is 0.344 e. The number of nitrogens with zero attached hydrogens (tertiary/aromatic N) is 2. The van der Waals surface area contributed by atoms with Crippen molar-refractivity contribution < 1.29 is 13.0 Å². The van der Waals surface area contributed by atoms with Crippen molar-refractivity contribution in [2.24, 2.45) is 0 Å². The first-order chi connectivity index (χ1) is 25.5. The molecule has 3 aliphatic rings. The Morgan fingerprint density at radius 3 is 2.02 bits per heavy atom. The molecular formula is C48H49N2O2S+. The van der Waals surface area contributed by atoms with Gasteiger partial charge in [-0.15, -0.1) is 0 Å². The SMILES string of the molecule is CCN1/C(=C/C=C2\CCCC(/C=C/C3=[N+](CC)c4ccc5ccccc5c4C3(C)C)=C2S(=O)(=O)c2ccccc2)C(C)(C)c2c1ccc1ccccc21. The fourth-order valence-corrected chi connectivity index (χ4v) is 11.2. The topological polar surface area (TPSA) is 40.4 Å². The number of hydrogen-bond donors (Lipinski definition) is 0. The van der Waals surface area contributed by atoms with Gasteiger partial charge in [0.25, 0.3) is 0 Å². The zero-order valence-corrected chi connectivity index (χ0v) is 32.6. The highest BCUT2D eigenvalue weighted by Gasteiger charge is 2.45. The minimum atomic E-state index is -3.82. The fraction of sp³-hybridized carbons (Fsp3) is 0.271. The Balaban J connectivity index is 1.28. The van der Waals surface area contributed by atoms with E-state index in [9.17, 15) is 8.42 Å². The molecule has 5 heteroatoms. The quantitative estimate of drug-likeness (QED) is 0.157. The Bertz CT molecular complexity index is 2560. The number of likely N-dealkylation sites (N-methyl/N-ethyl adjacent to an activating group) is 1. The number of anilines is 1. The van der Waals surface area contributed by atoms with Gasteiger partial charge < -0.3 is 4.90 Å². The molecule has 0 spiro atoms. The number of benzene rings is 5. The average molecular weight is 718 g/mol. The van der Waals surface area contributed by atoms with E-state index in [2.05, 4.69) is 148 Å². The van der Waals surface area contributed by atoms with Gasteiger partial charge in [-0.1, -0.05) is 98.8 Å². The van der Waals surface area contributed by atoms with Crippen molar-refractivity contribution in [1.82, 2.24) is 0 Å². The fourth-order valence-electron chi connectivity index (χ4n) is 9.39. The van der Waals surface area contributed by atoms with E-state index >= 15 is 0 Å². The molecule has 53 heavy (non-hydrogen) atoms. The van der Waals surface area contributed by atoms with Crippen molar-refractivity contribution in [3.05, 3.63) is 160 Å². The molecule has 0 radical (unpaired) electrons. The summed E-state index contributed by atoms with van der Waals surface area (Å²) in [7, 11) is -3.82. The highest BCUT2D eigenvalue weighted by Crippen LogP contribution is 2.51. The molecule has 0 unspecified atom stereocenters. The monoisotopic (exact) mass is 717 g/mol. The Kier molecular flexibility index (Phi) is 8.69. The molecule has 2 heterocycles. The molecule has 0 bridgehead atoms. The first-order valence-corrected chi connectivity index (χ1v) is 20.6. The maximum Gasteiger partial charge on any atom is 0.210 e. The molecule has 1 aliphatic carbocycles. The normalized spacial score (nSPS) is 19.7. The van der Waals surface area contributed by atoms with Gasteiger partial charge in [0.05, 0.1) is 15.2 Å². The van der Waals surface area contributed by atoms with E-state index < -0.39 is 9.84 Å². The first kappa shape index (κ1) is 35.1. The summed E-state index contributed by atoms with van der Waals surface area (Å²) < 4.78 is 31.9. The molecule has 0 saturated carbocycles. The lowest BCUT2D eigenvalue weighted by atomic mass is 9.78. The van der Waals surface area contributed by atoms with Gasteiger partial charge in [0.2, 0.25) is 15.5 Å². The van der Waals surface area contributed by atoms with Crippen LogP contribution in [0, 0.1) is 0 Å². The zero-order valence-electron chi connectivity index (χ0n) is 31.8. The summed E-state index contributed by atoms with van der Waals surface area (Å²) in [6.45, 7) is 15.2. The first-order valence-electron chi connectivity index (χ1n) is 19.1. The molecule has 0 atom stereocenters. The Morgan fingerprint density at radius 1 is 0.698 bits per heavy atom. The summed E-state index contributed by atoms with van der Waals surface area (Å²) in [5.41, 5.74) is 8.69. The molecule has 0 aromatic heterocycles. The van der Waals surface area contributed by atoms with Gasteiger partial charge in [-0.2, -0.15) is 4.58 Å². The molecule has 0 N–H and O–H groups in total. The molecule has 8 rings (SSSR count). The van der Waals surface area contributed by atoms with E-state index in [-0.39, 0.29) is 10.8 Å². The lowest BCUT2D eigenvalue weighted by molar-refractivity contribution is -0.433. The minimum Gasteiger partial charge on any atom is -0.344 e. The number of rotatable bonds is 7. The highest BCUT2D eigenvalue weighted by molar-refractivity contribution is 7.95. The number of allylic oxidation sites excluding steroid dienone is 7. The van der Waals surface area contributed by atoms with Crippen LogP contribution in [0.5, 0.6) is 0 Å². The van der Waals surface area contributed by atoms with Gasteiger partial charge >= 0.3 is 0 Å². The van der Waals surface area contributed by atoms with Gasteiger partial charge in [-0.25, -0.2) is 8.42 Å². The smallest absolute Gasteiger partial charge is 0.210 e. The van der Waals surface area contributed by atoms with Crippen LogP contribution in [0.2, 0.25) is 0 Å². The third-order valence-corrected chi connectivity index (χ3v) is 13.8. The van der Waals surface area contributed by atoms with Crippen LogP contribution in [0.4, 0.5) is 11.4 Å². The molecule has 0 saturated heterocycles. The highest BCUT2D eigenvalue weighted by atomic mass is 32.2. The predicted molar refractivity (Wildman–Crippen MR) is 222 cm³/mol.